The summed E-state index contributed by atoms with van der Waals surface area (Å²) in [6.07, 6.45) is 3.58. The Kier molecular flexibility index (Phi) is 7.07. The number of aliphatic hydroxyl groups excluding tert-OH is 1. The van der Waals surface area contributed by atoms with Gasteiger partial charge in [-0.1, -0.05) is 0 Å². The van der Waals surface area contributed by atoms with E-state index in [0.29, 0.717) is 29.7 Å². The van der Waals surface area contributed by atoms with Crippen molar-refractivity contribution in [1.82, 2.24) is 0 Å². The topological polar surface area (TPSA) is 57.5 Å². The fraction of sp³-hybridized carbons (Fsp3) is 0.476. The molecular weight excluding hydrogens is 406 g/mol. The predicted octanol–water partition coefficient (Wildman–Crippen LogP) is 5.28. The summed E-state index contributed by atoms with van der Waals surface area (Å²) < 4.78 is 26.8. The molecule has 3 rings (SSSR count). The highest BCUT2D eigenvalue weighted by atomic mass is 35.5. The number of thiophene rings is 1. The van der Waals surface area contributed by atoms with Gasteiger partial charge < -0.3 is 10.2 Å². The molecule has 28 heavy (non-hydrogen) atoms. The maximum Gasteiger partial charge on any atom is 0.345 e. The molecule has 1 fully saturated rings. The van der Waals surface area contributed by atoms with Crippen LogP contribution in [0.15, 0.2) is 30.3 Å². The van der Waals surface area contributed by atoms with Crippen molar-refractivity contribution in [2.45, 2.75) is 50.0 Å². The second-order valence-corrected chi connectivity index (χ2v) is 9.16. The van der Waals surface area contributed by atoms with Crippen LogP contribution in [-0.4, -0.2) is 27.7 Å². The van der Waals surface area contributed by atoms with Gasteiger partial charge in [0.2, 0.25) is 0 Å². The maximum atomic E-state index is 13.4. The number of carbonyl (C=O) groups is 1. The lowest BCUT2D eigenvalue weighted by Gasteiger charge is -2.23. The number of aryl methyl sites for hydroxylation is 2. The minimum Gasteiger partial charge on any atom is -0.477 e. The van der Waals surface area contributed by atoms with E-state index in [1.54, 1.807) is 6.07 Å². The van der Waals surface area contributed by atoms with Gasteiger partial charge in [0, 0.05) is 16.3 Å². The minimum atomic E-state index is -0.912. The summed E-state index contributed by atoms with van der Waals surface area (Å²) in [5.74, 6) is -1.97. The molecule has 0 unspecified atom stereocenters. The van der Waals surface area contributed by atoms with Crippen LogP contribution < -0.4 is 0 Å². The number of hydrogen-bond acceptors (Lipinski definition) is 3. The van der Waals surface area contributed by atoms with Gasteiger partial charge in [0.15, 0.2) is 0 Å². The molecule has 0 saturated heterocycles. The summed E-state index contributed by atoms with van der Waals surface area (Å²) in [6.45, 7) is 0. The molecular formula is C21H23ClF2O3S. The van der Waals surface area contributed by atoms with Crippen LogP contribution in [0.5, 0.6) is 0 Å². The van der Waals surface area contributed by atoms with E-state index in [2.05, 4.69) is 0 Å². The largest absolute Gasteiger partial charge is 0.477 e. The summed E-state index contributed by atoms with van der Waals surface area (Å²) in [4.78, 5) is 12.3. The number of carboxylic acids is 1. The van der Waals surface area contributed by atoms with Gasteiger partial charge in [-0.2, -0.15) is 0 Å². The average molecular weight is 429 g/mol. The van der Waals surface area contributed by atoms with Crippen molar-refractivity contribution in [3.63, 3.8) is 0 Å². The van der Waals surface area contributed by atoms with E-state index in [0.717, 1.165) is 30.2 Å². The SMILES string of the molecule is O=C(O)c1ccc(CCC[C@@H]2[C@@H](CCc3cc(F)cc(F)c3)[C@H](O)C[C@H]2Cl)s1. The molecule has 0 radical (unpaired) electrons. The number of rotatable bonds is 8. The van der Waals surface area contributed by atoms with Crippen LogP contribution in [0.1, 0.15) is 45.8 Å². The Morgan fingerprint density at radius 2 is 1.82 bits per heavy atom. The third-order valence-electron chi connectivity index (χ3n) is 5.50. The standard InChI is InChI=1S/C21H23ClF2O3S/c22-18-11-19(25)17(6-4-12-8-13(23)10-14(24)9-12)16(18)3-1-2-15-5-7-20(28-15)21(26)27/h5,7-10,16-19,25H,1-4,6,11H2,(H,26,27)/t16-,17-,18-,19-/m1/s1. The molecule has 1 heterocycles. The van der Waals surface area contributed by atoms with Crippen LogP contribution in [-0.2, 0) is 12.8 Å². The second-order valence-electron chi connectivity index (χ2n) is 7.43. The molecule has 1 saturated carbocycles. The highest BCUT2D eigenvalue weighted by molar-refractivity contribution is 7.13. The molecule has 4 atom stereocenters. The summed E-state index contributed by atoms with van der Waals surface area (Å²) in [7, 11) is 0. The first-order valence-corrected chi connectivity index (χ1v) is 10.7. The Labute approximate surface area is 172 Å². The van der Waals surface area contributed by atoms with Crippen molar-refractivity contribution in [2.24, 2.45) is 11.8 Å². The van der Waals surface area contributed by atoms with E-state index in [1.165, 1.54) is 23.5 Å². The van der Waals surface area contributed by atoms with Gasteiger partial charge in [-0.05, 0) is 80.2 Å². The van der Waals surface area contributed by atoms with E-state index in [-0.39, 0.29) is 17.2 Å². The molecule has 0 spiro atoms. The first-order valence-electron chi connectivity index (χ1n) is 9.42. The van der Waals surface area contributed by atoms with Crippen molar-refractivity contribution in [2.75, 3.05) is 0 Å². The Morgan fingerprint density at radius 3 is 2.46 bits per heavy atom. The number of halogens is 3. The number of benzene rings is 1. The lowest BCUT2D eigenvalue weighted by Crippen LogP contribution is -2.21. The third kappa shape index (κ3) is 5.31. The Hall–Kier alpha value is -1.50. The Balaban J connectivity index is 1.56. The zero-order chi connectivity index (χ0) is 20.3. The monoisotopic (exact) mass is 428 g/mol. The molecule has 2 aromatic rings. The zero-order valence-corrected chi connectivity index (χ0v) is 16.9. The van der Waals surface area contributed by atoms with E-state index in [4.69, 9.17) is 16.7 Å². The molecule has 2 N–H and O–H groups in total. The van der Waals surface area contributed by atoms with Crippen molar-refractivity contribution in [3.8, 4) is 0 Å². The number of alkyl halides is 1. The van der Waals surface area contributed by atoms with Gasteiger partial charge in [-0.25, -0.2) is 13.6 Å². The number of aliphatic hydroxyl groups is 1. The summed E-state index contributed by atoms with van der Waals surface area (Å²) in [5, 5.41) is 19.3. The number of aromatic carboxylic acids is 1. The van der Waals surface area contributed by atoms with Crippen LogP contribution in [0.25, 0.3) is 0 Å². The van der Waals surface area contributed by atoms with Crippen LogP contribution in [0.3, 0.4) is 0 Å². The summed E-state index contributed by atoms with van der Waals surface area (Å²) in [6, 6.07) is 6.97. The number of hydrogen-bond donors (Lipinski definition) is 2. The van der Waals surface area contributed by atoms with Crippen LogP contribution in [0.2, 0.25) is 0 Å². The van der Waals surface area contributed by atoms with Crippen LogP contribution >= 0.6 is 22.9 Å². The minimum absolute atomic E-state index is 0.00764. The van der Waals surface area contributed by atoms with E-state index >= 15 is 0 Å². The fourth-order valence-corrected chi connectivity index (χ4v) is 5.55. The van der Waals surface area contributed by atoms with Crippen LogP contribution in [0.4, 0.5) is 8.78 Å². The molecule has 3 nitrogen and oxygen atoms in total. The van der Waals surface area contributed by atoms with Crippen molar-refractivity contribution in [1.29, 1.82) is 0 Å². The highest BCUT2D eigenvalue weighted by Gasteiger charge is 2.40. The first-order chi connectivity index (χ1) is 13.3. The van der Waals surface area contributed by atoms with E-state index in [9.17, 15) is 18.7 Å². The summed E-state index contributed by atoms with van der Waals surface area (Å²) >= 11 is 7.76. The molecule has 0 amide bonds. The Bertz CT molecular complexity index is 805. The van der Waals surface area contributed by atoms with E-state index in [1.807, 2.05) is 6.07 Å². The highest BCUT2D eigenvalue weighted by Crippen LogP contribution is 2.41. The fourth-order valence-electron chi connectivity index (χ4n) is 4.16. The lowest BCUT2D eigenvalue weighted by molar-refractivity contribution is 0.0702. The van der Waals surface area contributed by atoms with Gasteiger partial charge in [0.05, 0.1) is 6.10 Å². The second kappa shape index (κ2) is 9.33. The van der Waals surface area contributed by atoms with E-state index < -0.39 is 23.7 Å². The molecule has 1 aliphatic rings. The molecule has 1 aliphatic carbocycles. The normalized spacial score (nSPS) is 24.6. The van der Waals surface area contributed by atoms with Gasteiger partial charge in [0.1, 0.15) is 16.5 Å². The van der Waals surface area contributed by atoms with Crippen molar-refractivity contribution in [3.05, 3.63) is 57.3 Å². The molecule has 152 valence electrons. The summed E-state index contributed by atoms with van der Waals surface area (Å²) in [5.41, 5.74) is 0.584. The van der Waals surface area contributed by atoms with Crippen LogP contribution in [0, 0.1) is 23.5 Å². The quantitative estimate of drug-likeness (QED) is 0.562. The van der Waals surface area contributed by atoms with Gasteiger partial charge in [-0.3, -0.25) is 0 Å². The van der Waals surface area contributed by atoms with Crippen molar-refractivity contribution >= 4 is 28.9 Å². The molecule has 1 aromatic heterocycles. The van der Waals surface area contributed by atoms with Gasteiger partial charge >= 0.3 is 5.97 Å². The first kappa shape index (κ1) is 21.2. The number of carboxylic acid groups (broad SMARTS) is 1. The third-order valence-corrected chi connectivity index (χ3v) is 7.13. The average Bonchev–Trinajstić information content (AvgIpc) is 3.18. The van der Waals surface area contributed by atoms with Gasteiger partial charge in [-0.15, -0.1) is 22.9 Å². The van der Waals surface area contributed by atoms with Gasteiger partial charge in [0.25, 0.3) is 0 Å². The maximum absolute atomic E-state index is 13.4. The smallest absolute Gasteiger partial charge is 0.345 e. The molecule has 0 aliphatic heterocycles. The lowest BCUT2D eigenvalue weighted by atomic mass is 9.85. The Morgan fingerprint density at radius 1 is 1.11 bits per heavy atom. The molecule has 0 bridgehead atoms. The molecule has 7 heteroatoms. The zero-order valence-electron chi connectivity index (χ0n) is 15.3. The van der Waals surface area contributed by atoms with Crippen molar-refractivity contribution < 1.29 is 23.8 Å². The predicted molar refractivity (Wildman–Crippen MR) is 106 cm³/mol. The molecule has 1 aromatic carbocycles.